The van der Waals surface area contributed by atoms with E-state index in [1.54, 1.807) is 7.11 Å². The van der Waals surface area contributed by atoms with E-state index in [1.165, 1.54) is 0 Å². The Kier molecular flexibility index (Phi) is 4.65. The summed E-state index contributed by atoms with van der Waals surface area (Å²) in [5, 5.41) is 1.04. The number of ether oxygens (including phenoxy) is 2. The van der Waals surface area contributed by atoms with Crippen LogP contribution in [0.3, 0.4) is 0 Å². The molecule has 0 bridgehead atoms. The van der Waals surface area contributed by atoms with Crippen LogP contribution in [0.15, 0.2) is 51.7 Å². The van der Waals surface area contributed by atoms with Gasteiger partial charge in [0, 0.05) is 17.0 Å². The molecule has 2 aromatic carbocycles. The van der Waals surface area contributed by atoms with Crippen molar-refractivity contribution in [2.45, 2.75) is 38.7 Å². The van der Waals surface area contributed by atoms with Gasteiger partial charge in [-0.05, 0) is 61.1 Å². The predicted octanol–water partition coefficient (Wildman–Crippen LogP) is 4.65. The molecule has 1 aliphatic carbocycles. The molecule has 3 aromatic rings. The molecule has 0 aliphatic heterocycles. The van der Waals surface area contributed by atoms with Crippen molar-refractivity contribution in [3.63, 3.8) is 0 Å². The molecule has 1 aromatic heterocycles. The molecule has 26 heavy (non-hydrogen) atoms. The van der Waals surface area contributed by atoms with Crippen molar-refractivity contribution < 1.29 is 13.9 Å². The zero-order chi connectivity index (χ0) is 17.9. The number of methoxy groups -OCH3 is 1. The summed E-state index contributed by atoms with van der Waals surface area (Å²) in [4.78, 5) is 12.4. The summed E-state index contributed by atoms with van der Waals surface area (Å²) in [6, 6.07) is 13.6. The number of hydrogen-bond donors (Lipinski definition) is 0. The number of aryl methyl sites for hydroxylation is 1. The fourth-order valence-corrected chi connectivity index (χ4v) is 3.62. The molecule has 4 rings (SSSR count). The summed E-state index contributed by atoms with van der Waals surface area (Å²) in [6.07, 6.45) is 5.12. The fourth-order valence-electron chi connectivity index (χ4n) is 3.62. The molecular formula is C22H22O4. The van der Waals surface area contributed by atoms with E-state index in [-0.39, 0.29) is 5.63 Å². The van der Waals surface area contributed by atoms with Crippen molar-refractivity contribution in [3.05, 3.63) is 69.6 Å². The Morgan fingerprint density at radius 3 is 2.65 bits per heavy atom. The van der Waals surface area contributed by atoms with Crippen LogP contribution in [0.5, 0.6) is 11.5 Å². The maximum absolute atomic E-state index is 12.4. The highest BCUT2D eigenvalue weighted by molar-refractivity contribution is 5.82. The highest BCUT2D eigenvalue weighted by atomic mass is 16.5. The van der Waals surface area contributed by atoms with Crippen molar-refractivity contribution in [1.82, 2.24) is 0 Å². The highest BCUT2D eigenvalue weighted by Gasteiger charge is 2.17. The van der Waals surface area contributed by atoms with Gasteiger partial charge >= 0.3 is 5.63 Å². The number of fused-ring (bicyclic) bond motifs is 3. The second-order valence-corrected chi connectivity index (χ2v) is 6.71. The zero-order valence-electron chi connectivity index (χ0n) is 14.9. The second-order valence-electron chi connectivity index (χ2n) is 6.71. The van der Waals surface area contributed by atoms with E-state index in [1.807, 2.05) is 42.5 Å². The minimum absolute atomic E-state index is 0.195. The minimum atomic E-state index is -0.195. The molecule has 4 nitrogen and oxygen atoms in total. The Morgan fingerprint density at radius 1 is 0.962 bits per heavy atom. The second kappa shape index (κ2) is 7.24. The lowest BCUT2D eigenvalue weighted by Gasteiger charge is -2.11. The van der Waals surface area contributed by atoms with Gasteiger partial charge < -0.3 is 13.9 Å². The first kappa shape index (κ1) is 16.7. The van der Waals surface area contributed by atoms with Gasteiger partial charge in [0.2, 0.25) is 0 Å². The van der Waals surface area contributed by atoms with Crippen LogP contribution in [-0.4, -0.2) is 7.11 Å². The summed E-state index contributed by atoms with van der Waals surface area (Å²) < 4.78 is 16.7. The van der Waals surface area contributed by atoms with E-state index < -0.39 is 0 Å². The van der Waals surface area contributed by atoms with Gasteiger partial charge in [-0.3, -0.25) is 0 Å². The summed E-state index contributed by atoms with van der Waals surface area (Å²) in [6.45, 7) is 0.428. The van der Waals surface area contributed by atoms with Crippen LogP contribution in [0, 0.1) is 0 Å². The molecule has 0 amide bonds. The van der Waals surface area contributed by atoms with Gasteiger partial charge in [-0.1, -0.05) is 18.6 Å². The number of rotatable bonds is 4. The van der Waals surface area contributed by atoms with Gasteiger partial charge in [-0.2, -0.15) is 0 Å². The van der Waals surface area contributed by atoms with Crippen LogP contribution in [0.2, 0.25) is 0 Å². The maximum atomic E-state index is 12.4. The third kappa shape index (κ3) is 3.32. The Hall–Kier alpha value is -2.75. The van der Waals surface area contributed by atoms with Crippen molar-refractivity contribution in [2.75, 3.05) is 7.11 Å². The molecule has 1 aliphatic rings. The Bertz CT molecular complexity index is 987. The molecule has 0 saturated heterocycles. The van der Waals surface area contributed by atoms with Crippen molar-refractivity contribution in [2.24, 2.45) is 0 Å². The topological polar surface area (TPSA) is 48.7 Å². The maximum Gasteiger partial charge on any atom is 0.339 e. The van der Waals surface area contributed by atoms with Crippen LogP contribution < -0.4 is 15.1 Å². The average molecular weight is 350 g/mol. The molecule has 0 atom stereocenters. The first-order chi connectivity index (χ1) is 12.7. The van der Waals surface area contributed by atoms with E-state index >= 15 is 0 Å². The monoisotopic (exact) mass is 350 g/mol. The third-order valence-corrected chi connectivity index (χ3v) is 4.98. The molecule has 0 unspecified atom stereocenters. The number of benzene rings is 2. The van der Waals surface area contributed by atoms with Gasteiger partial charge in [0.15, 0.2) is 0 Å². The standard InChI is InChI=1S/C22H22O4/c1-24-16-7-5-6-15(12-16)14-25-17-10-11-19-18-8-3-2-4-9-20(18)22(23)26-21(19)13-17/h5-7,10-13H,2-4,8-9,14H2,1H3. The highest BCUT2D eigenvalue weighted by Crippen LogP contribution is 2.29. The van der Waals surface area contributed by atoms with E-state index in [9.17, 15) is 4.79 Å². The van der Waals surface area contributed by atoms with E-state index in [0.29, 0.717) is 17.9 Å². The Balaban J connectivity index is 1.62. The SMILES string of the molecule is COc1cccc(COc2ccc3c4c(c(=O)oc3c2)CCCCC4)c1. The van der Waals surface area contributed by atoms with Crippen molar-refractivity contribution >= 4 is 11.0 Å². The molecule has 0 saturated carbocycles. The van der Waals surface area contributed by atoms with E-state index in [2.05, 4.69) is 0 Å². The third-order valence-electron chi connectivity index (χ3n) is 4.98. The molecule has 0 radical (unpaired) electrons. The van der Waals surface area contributed by atoms with Crippen molar-refractivity contribution in [1.29, 1.82) is 0 Å². The lowest BCUT2D eigenvalue weighted by molar-refractivity contribution is 0.305. The minimum Gasteiger partial charge on any atom is -0.497 e. The lowest BCUT2D eigenvalue weighted by atomic mass is 10.0. The number of hydrogen-bond acceptors (Lipinski definition) is 4. The van der Waals surface area contributed by atoms with Gasteiger partial charge in [0.05, 0.1) is 7.11 Å². The molecular weight excluding hydrogens is 328 g/mol. The largest absolute Gasteiger partial charge is 0.497 e. The molecule has 1 heterocycles. The smallest absolute Gasteiger partial charge is 0.339 e. The van der Waals surface area contributed by atoms with Gasteiger partial charge in [0.1, 0.15) is 23.7 Å². The van der Waals surface area contributed by atoms with Crippen LogP contribution in [0.1, 0.15) is 36.0 Å². The molecule has 0 spiro atoms. The van der Waals surface area contributed by atoms with Crippen LogP contribution in [-0.2, 0) is 19.4 Å². The molecule has 0 fully saturated rings. The van der Waals surface area contributed by atoms with Crippen molar-refractivity contribution in [3.8, 4) is 11.5 Å². The van der Waals surface area contributed by atoms with Gasteiger partial charge in [0.25, 0.3) is 0 Å². The van der Waals surface area contributed by atoms with E-state index in [0.717, 1.165) is 59.9 Å². The Morgan fingerprint density at radius 2 is 1.81 bits per heavy atom. The molecule has 0 N–H and O–H groups in total. The molecule has 4 heteroatoms. The first-order valence-electron chi connectivity index (χ1n) is 9.09. The lowest BCUT2D eigenvalue weighted by Crippen LogP contribution is -2.10. The summed E-state index contributed by atoms with van der Waals surface area (Å²) in [5.74, 6) is 1.50. The summed E-state index contributed by atoms with van der Waals surface area (Å²) >= 11 is 0. The van der Waals surface area contributed by atoms with Crippen LogP contribution in [0.25, 0.3) is 11.0 Å². The predicted molar refractivity (Wildman–Crippen MR) is 101 cm³/mol. The fraction of sp³-hybridized carbons (Fsp3) is 0.318. The normalized spacial score (nSPS) is 13.9. The van der Waals surface area contributed by atoms with Crippen LogP contribution >= 0.6 is 0 Å². The average Bonchev–Trinajstić information content (AvgIpc) is 2.93. The first-order valence-corrected chi connectivity index (χ1v) is 9.09. The summed E-state index contributed by atoms with van der Waals surface area (Å²) in [5.41, 5.74) is 3.46. The summed E-state index contributed by atoms with van der Waals surface area (Å²) in [7, 11) is 1.65. The van der Waals surface area contributed by atoms with Gasteiger partial charge in [-0.25, -0.2) is 4.79 Å². The quantitative estimate of drug-likeness (QED) is 0.508. The molecule has 134 valence electrons. The van der Waals surface area contributed by atoms with Gasteiger partial charge in [-0.15, -0.1) is 0 Å². The zero-order valence-corrected chi connectivity index (χ0v) is 14.9. The van der Waals surface area contributed by atoms with E-state index in [4.69, 9.17) is 13.9 Å². The van der Waals surface area contributed by atoms with Crippen LogP contribution in [0.4, 0.5) is 0 Å². The Labute approximate surface area is 152 Å².